The molecule has 27 heavy (non-hydrogen) atoms. The topological polar surface area (TPSA) is 84.7 Å². The van der Waals surface area contributed by atoms with Crippen LogP contribution in [0, 0.1) is 0 Å². The number of methoxy groups -OCH3 is 1. The molecular weight excluding hydrogens is 368 g/mol. The zero-order valence-corrected chi connectivity index (χ0v) is 15.7. The molecule has 3 rings (SSSR count). The number of hydrogen-bond acceptors (Lipinski definition) is 4. The van der Waals surface area contributed by atoms with Crippen molar-refractivity contribution >= 4 is 34.6 Å². The lowest BCUT2D eigenvalue weighted by atomic mass is 10.3. The van der Waals surface area contributed by atoms with Crippen LogP contribution in [0.5, 0.6) is 5.75 Å². The zero-order valence-electron chi connectivity index (χ0n) is 15.0. The van der Waals surface area contributed by atoms with Crippen LogP contribution in [0.2, 0.25) is 5.02 Å². The average molecular weight is 387 g/mol. The fourth-order valence-corrected chi connectivity index (χ4v) is 2.88. The molecule has 8 heteroatoms. The lowest BCUT2D eigenvalue weighted by Gasteiger charge is -2.07. The molecule has 0 radical (unpaired) electrons. The van der Waals surface area contributed by atoms with Crippen molar-refractivity contribution in [1.82, 2.24) is 14.7 Å². The quantitative estimate of drug-likeness (QED) is 0.680. The first-order valence-corrected chi connectivity index (χ1v) is 8.83. The Morgan fingerprint density at radius 3 is 2.74 bits per heavy atom. The summed E-state index contributed by atoms with van der Waals surface area (Å²) in [6.07, 6.45) is 2.50. The highest BCUT2D eigenvalue weighted by Gasteiger charge is 2.21. The van der Waals surface area contributed by atoms with Crippen molar-refractivity contribution in [3.05, 3.63) is 59.1 Å². The number of pyridine rings is 1. The number of nitrogens with zero attached hydrogens (tertiary/aromatic N) is 2. The maximum atomic E-state index is 12.7. The Bertz CT molecular complexity index is 1000. The lowest BCUT2D eigenvalue weighted by molar-refractivity contribution is 0.0951. The third-order valence-electron chi connectivity index (χ3n) is 3.91. The number of carbonyl (C=O) groups is 2. The second-order valence-electron chi connectivity index (χ2n) is 5.80. The van der Waals surface area contributed by atoms with Gasteiger partial charge in [0, 0.05) is 18.4 Å². The van der Waals surface area contributed by atoms with Gasteiger partial charge in [-0.25, -0.2) is 4.98 Å². The van der Waals surface area contributed by atoms with Gasteiger partial charge in [0.1, 0.15) is 5.75 Å². The summed E-state index contributed by atoms with van der Waals surface area (Å²) in [7, 11) is 1.52. The number of benzene rings is 1. The van der Waals surface area contributed by atoms with Gasteiger partial charge in [-0.3, -0.25) is 14.0 Å². The van der Waals surface area contributed by atoms with Gasteiger partial charge in [0.25, 0.3) is 11.8 Å². The minimum absolute atomic E-state index is 0.110. The van der Waals surface area contributed by atoms with Crippen LogP contribution in [-0.4, -0.2) is 34.9 Å². The largest absolute Gasteiger partial charge is 0.495 e. The van der Waals surface area contributed by atoms with Crippen LogP contribution in [0.15, 0.2) is 42.6 Å². The molecule has 0 saturated carbocycles. The second-order valence-corrected chi connectivity index (χ2v) is 6.21. The molecule has 0 saturated heterocycles. The van der Waals surface area contributed by atoms with E-state index in [2.05, 4.69) is 15.6 Å². The molecule has 0 aliphatic heterocycles. The highest BCUT2D eigenvalue weighted by molar-refractivity contribution is 6.32. The third kappa shape index (κ3) is 3.88. The molecular formula is C19H19ClN4O3. The number of amides is 2. The summed E-state index contributed by atoms with van der Waals surface area (Å²) in [4.78, 5) is 29.4. The molecule has 1 aromatic carbocycles. The van der Waals surface area contributed by atoms with E-state index in [0.29, 0.717) is 28.5 Å². The van der Waals surface area contributed by atoms with Crippen molar-refractivity contribution < 1.29 is 14.3 Å². The van der Waals surface area contributed by atoms with Crippen LogP contribution in [0.25, 0.3) is 5.52 Å². The van der Waals surface area contributed by atoms with Gasteiger partial charge in [-0.2, -0.15) is 0 Å². The average Bonchev–Trinajstić information content (AvgIpc) is 3.06. The Morgan fingerprint density at radius 1 is 1.22 bits per heavy atom. The van der Waals surface area contributed by atoms with Gasteiger partial charge in [0.2, 0.25) is 5.82 Å². The highest BCUT2D eigenvalue weighted by Crippen LogP contribution is 2.27. The summed E-state index contributed by atoms with van der Waals surface area (Å²) in [5, 5.41) is 5.91. The monoisotopic (exact) mass is 386 g/mol. The first-order valence-electron chi connectivity index (χ1n) is 8.45. The molecule has 7 nitrogen and oxygen atoms in total. The second kappa shape index (κ2) is 8.09. The fourth-order valence-electron chi connectivity index (χ4n) is 2.62. The van der Waals surface area contributed by atoms with E-state index in [9.17, 15) is 9.59 Å². The Balaban J connectivity index is 1.93. The smallest absolute Gasteiger partial charge is 0.292 e. The van der Waals surface area contributed by atoms with Gasteiger partial charge in [-0.05, 0) is 36.8 Å². The highest BCUT2D eigenvalue weighted by atomic mass is 35.5. The molecule has 0 spiro atoms. The molecule has 2 heterocycles. The standard InChI is InChI=1S/C19H19ClN4O3/c1-3-9-21-18(25)16-14-6-4-5-10-24(14)17(23-16)19(26)22-12-7-8-15(27-2)13(20)11-12/h4-8,10-11H,3,9H2,1-2H3,(H,21,25)(H,22,26). The van der Waals surface area contributed by atoms with Crippen LogP contribution < -0.4 is 15.4 Å². The third-order valence-corrected chi connectivity index (χ3v) is 4.21. The molecule has 3 aromatic rings. The molecule has 0 atom stereocenters. The maximum Gasteiger partial charge on any atom is 0.292 e. The Kier molecular flexibility index (Phi) is 5.61. The summed E-state index contributed by atoms with van der Waals surface area (Å²) >= 11 is 6.10. The summed E-state index contributed by atoms with van der Waals surface area (Å²) in [6.45, 7) is 2.50. The molecule has 0 bridgehead atoms. The minimum atomic E-state index is -0.452. The molecule has 2 amide bonds. The number of nitrogens with one attached hydrogen (secondary N) is 2. The number of ether oxygens (including phenoxy) is 1. The summed E-state index contributed by atoms with van der Waals surface area (Å²) in [6, 6.07) is 10.2. The predicted octanol–water partition coefficient (Wildman–Crippen LogP) is 3.39. The van der Waals surface area contributed by atoms with Crippen molar-refractivity contribution in [2.45, 2.75) is 13.3 Å². The lowest BCUT2D eigenvalue weighted by Crippen LogP contribution is -2.24. The van der Waals surface area contributed by atoms with Gasteiger partial charge in [-0.15, -0.1) is 0 Å². The van der Waals surface area contributed by atoms with Gasteiger partial charge < -0.3 is 15.4 Å². The number of rotatable bonds is 6. The summed E-state index contributed by atoms with van der Waals surface area (Å²) < 4.78 is 6.69. The molecule has 140 valence electrons. The predicted molar refractivity (Wildman–Crippen MR) is 104 cm³/mol. The fraction of sp³-hybridized carbons (Fsp3) is 0.211. The van der Waals surface area contributed by atoms with Crippen molar-refractivity contribution in [2.75, 3.05) is 19.0 Å². The summed E-state index contributed by atoms with van der Waals surface area (Å²) in [5.74, 6) is -0.144. The van der Waals surface area contributed by atoms with Crippen molar-refractivity contribution in [3.63, 3.8) is 0 Å². The van der Waals surface area contributed by atoms with Crippen LogP contribution in [0.4, 0.5) is 5.69 Å². The number of imidazole rings is 1. The Hall–Kier alpha value is -3.06. The number of hydrogen-bond donors (Lipinski definition) is 2. The molecule has 2 aromatic heterocycles. The molecule has 2 N–H and O–H groups in total. The van der Waals surface area contributed by atoms with Gasteiger partial charge in [0.05, 0.1) is 17.6 Å². The van der Waals surface area contributed by atoms with E-state index < -0.39 is 5.91 Å². The molecule has 0 unspecified atom stereocenters. The number of fused-ring (bicyclic) bond motifs is 1. The summed E-state index contributed by atoms with van der Waals surface area (Å²) in [5.41, 5.74) is 1.27. The first-order chi connectivity index (χ1) is 13.0. The van der Waals surface area contributed by atoms with Gasteiger partial charge >= 0.3 is 0 Å². The number of anilines is 1. The normalized spacial score (nSPS) is 10.6. The maximum absolute atomic E-state index is 12.7. The number of aromatic nitrogens is 2. The van der Waals surface area contributed by atoms with E-state index in [4.69, 9.17) is 16.3 Å². The van der Waals surface area contributed by atoms with Crippen molar-refractivity contribution in [1.29, 1.82) is 0 Å². The number of carbonyl (C=O) groups excluding carboxylic acids is 2. The van der Waals surface area contributed by atoms with Gasteiger partial charge in [-0.1, -0.05) is 24.6 Å². The van der Waals surface area contributed by atoms with E-state index in [1.165, 1.54) is 7.11 Å². The van der Waals surface area contributed by atoms with Crippen molar-refractivity contribution in [2.24, 2.45) is 0 Å². The van der Waals surface area contributed by atoms with Crippen LogP contribution in [-0.2, 0) is 0 Å². The first kappa shape index (κ1) is 18.7. The van der Waals surface area contributed by atoms with E-state index >= 15 is 0 Å². The SMILES string of the molecule is CCCNC(=O)c1nc(C(=O)Nc2ccc(OC)c(Cl)c2)n2ccccc12. The minimum Gasteiger partial charge on any atom is -0.495 e. The molecule has 0 aliphatic carbocycles. The van der Waals surface area contributed by atoms with Crippen LogP contribution in [0.3, 0.4) is 0 Å². The van der Waals surface area contributed by atoms with Gasteiger partial charge in [0.15, 0.2) is 5.69 Å². The zero-order chi connectivity index (χ0) is 19.4. The molecule has 0 fully saturated rings. The molecule has 0 aliphatic rings. The van der Waals surface area contributed by atoms with Crippen LogP contribution in [0.1, 0.15) is 34.5 Å². The van der Waals surface area contributed by atoms with E-state index in [1.54, 1.807) is 47.0 Å². The van der Waals surface area contributed by atoms with E-state index in [1.807, 2.05) is 6.92 Å². The number of halogens is 1. The van der Waals surface area contributed by atoms with Crippen molar-refractivity contribution in [3.8, 4) is 5.75 Å². The van der Waals surface area contributed by atoms with Crippen LogP contribution >= 0.6 is 11.6 Å². The Labute approximate surface area is 161 Å². The Morgan fingerprint density at radius 2 is 2.04 bits per heavy atom. The van der Waals surface area contributed by atoms with E-state index in [-0.39, 0.29) is 17.4 Å². The van der Waals surface area contributed by atoms with E-state index in [0.717, 1.165) is 6.42 Å².